The van der Waals surface area contributed by atoms with E-state index in [4.69, 9.17) is 23.8 Å². The normalized spacial score (nSPS) is 24.3. The monoisotopic (exact) mass is 269 g/mol. The maximum Gasteiger partial charge on any atom is 0.185 e. The van der Waals surface area contributed by atoms with Crippen molar-refractivity contribution in [3.8, 4) is 0 Å². The molecule has 1 saturated heterocycles. The highest BCUT2D eigenvalue weighted by Gasteiger charge is 2.38. The van der Waals surface area contributed by atoms with Gasteiger partial charge in [-0.1, -0.05) is 23.7 Å². The molecule has 0 radical (unpaired) electrons. The SMILES string of the molecule is CC(C)N1N[C@@](C)(c2ccc(Cl)cc2)NC1=S. The molecular formula is C12H16ClN3S. The van der Waals surface area contributed by atoms with Crippen molar-refractivity contribution in [2.24, 2.45) is 0 Å². The standard InChI is InChI=1S/C12H16ClN3S/c1-8(2)16-11(17)14-12(3,15-16)9-4-6-10(13)7-5-9/h4-8,15H,1-3H3,(H,14,17)/t12-/m0/s1. The summed E-state index contributed by atoms with van der Waals surface area (Å²) in [7, 11) is 0. The maximum absolute atomic E-state index is 5.89. The quantitative estimate of drug-likeness (QED) is 0.807. The maximum atomic E-state index is 5.89. The molecule has 1 heterocycles. The number of nitrogens with zero attached hydrogens (tertiary/aromatic N) is 1. The van der Waals surface area contributed by atoms with Crippen LogP contribution < -0.4 is 10.7 Å². The van der Waals surface area contributed by atoms with Gasteiger partial charge in [0.1, 0.15) is 5.66 Å². The molecule has 0 aromatic heterocycles. The Balaban J connectivity index is 2.27. The van der Waals surface area contributed by atoms with E-state index in [0.29, 0.717) is 6.04 Å². The van der Waals surface area contributed by atoms with Crippen molar-refractivity contribution in [2.45, 2.75) is 32.5 Å². The van der Waals surface area contributed by atoms with E-state index in [1.54, 1.807) is 0 Å². The lowest BCUT2D eigenvalue weighted by molar-refractivity contribution is 0.202. The first-order valence-electron chi connectivity index (χ1n) is 5.57. The molecule has 0 bridgehead atoms. The minimum absolute atomic E-state index is 0.309. The summed E-state index contributed by atoms with van der Waals surface area (Å²) in [6.45, 7) is 6.24. The Labute approximate surface area is 112 Å². The van der Waals surface area contributed by atoms with E-state index in [1.165, 1.54) is 0 Å². The van der Waals surface area contributed by atoms with Gasteiger partial charge in [0.15, 0.2) is 5.11 Å². The fourth-order valence-corrected chi connectivity index (χ4v) is 2.46. The Hall–Kier alpha value is -0.840. The van der Waals surface area contributed by atoms with Gasteiger partial charge in [-0.2, -0.15) is 0 Å². The topological polar surface area (TPSA) is 27.3 Å². The van der Waals surface area contributed by atoms with E-state index in [1.807, 2.05) is 29.3 Å². The highest BCUT2D eigenvalue weighted by Crippen LogP contribution is 2.25. The molecule has 2 N–H and O–H groups in total. The molecule has 0 amide bonds. The molecule has 0 saturated carbocycles. The van der Waals surface area contributed by atoms with Crippen molar-refractivity contribution in [2.75, 3.05) is 0 Å². The number of halogens is 1. The van der Waals surface area contributed by atoms with Gasteiger partial charge in [0.05, 0.1) is 0 Å². The molecule has 17 heavy (non-hydrogen) atoms. The number of thiocarbonyl (C=S) groups is 1. The van der Waals surface area contributed by atoms with E-state index in [9.17, 15) is 0 Å². The van der Waals surface area contributed by atoms with Crippen LogP contribution in [0.4, 0.5) is 0 Å². The molecule has 5 heteroatoms. The second-order valence-corrected chi connectivity index (χ2v) is 5.46. The molecule has 3 nitrogen and oxygen atoms in total. The van der Waals surface area contributed by atoms with Crippen LogP contribution in [-0.2, 0) is 5.66 Å². The second kappa shape index (κ2) is 4.44. The van der Waals surface area contributed by atoms with Crippen LogP contribution in [0.2, 0.25) is 5.02 Å². The van der Waals surface area contributed by atoms with E-state index >= 15 is 0 Å². The van der Waals surface area contributed by atoms with E-state index in [2.05, 4.69) is 31.5 Å². The summed E-state index contributed by atoms with van der Waals surface area (Å²) in [5, 5.41) is 6.72. The lowest BCUT2D eigenvalue weighted by atomic mass is 10.0. The molecule has 92 valence electrons. The number of rotatable bonds is 2. The van der Waals surface area contributed by atoms with Crippen LogP contribution in [0.1, 0.15) is 26.3 Å². The summed E-state index contributed by atoms with van der Waals surface area (Å²) in [5.41, 5.74) is 4.13. The third-order valence-corrected chi connectivity index (χ3v) is 3.41. The van der Waals surface area contributed by atoms with Crippen LogP contribution in [0.25, 0.3) is 0 Å². The molecule has 2 rings (SSSR count). The molecule has 1 aromatic rings. The van der Waals surface area contributed by atoms with E-state index in [-0.39, 0.29) is 5.66 Å². The van der Waals surface area contributed by atoms with Gasteiger partial charge in [-0.3, -0.25) is 5.01 Å². The van der Waals surface area contributed by atoms with Crippen molar-refractivity contribution < 1.29 is 0 Å². The lowest BCUT2D eigenvalue weighted by Gasteiger charge is -2.27. The second-order valence-electron chi connectivity index (χ2n) is 4.64. The van der Waals surface area contributed by atoms with Crippen molar-refractivity contribution in [3.05, 3.63) is 34.9 Å². The van der Waals surface area contributed by atoms with Crippen LogP contribution in [0, 0.1) is 0 Å². The number of hydrogen-bond acceptors (Lipinski definition) is 2. The third-order valence-electron chi connectivity index (χ3n) is 2.86. The summed E-state index contributed by atoms with van der Waals surface area (Å²) < 4.78 is 0. The van der Waals surface area contributed by atoms with Gasteiger partial charge < -0.3 is 5.32 Å². The zero-order valence-corrected chi connectivity index (χ0v) is 11.7. The largest absolute Gasteiger partial charge is 0.338 e. The average Bonchev–Trinajstić information content (AvgIpc) is 2.56. The van der Waals surface area contributed by atoms with Gasteiger partial charge >= 0.3 is 0 Å². The number of nitrogens with one attached hydrogen (secondary N) is 2. The summed E-state index contributed by atoms with van der Waals surface area (Å²) in [5.74, 6) is 0. The first-order valence-corrected chi connectivity index (χ1v) is 6.36. The molecule has 0 spiro atoms. The van der Waals surface area contributed by atoms with Crippen LogP contribution in [0.15, 0.2) is 24.3 Å². The third kappa shape index (κ3) is 2.39. The fraction of sp³-hybridized carbons (Fsp3) is 0.417. The van der Waals surface area contributed by atoms with Crippen LogP contribution in [-0.4, -0.2) is 16.2 Å². The molecule has 1 aromatic carbocycles. The molecule has 1 aliphatic rings. The molecule has 1 atom stereocenters. The fourth-order valence-electron chi connectivity index (χ4n) is 1.88. The first kappa shape index (κ1) is 12.6. The summed E-state index contributed by atoms with van der Waals surface area (Å²) >= 11 is 11.2. The zero-order valence-electron chi connectivity index (χ0n) is 10.1. The van der Waals surface area contributed by atoms with Crippen molar-refractivity contribution >= 4 is 28.9 Å². The highest BCUT2D eigenvalue weighted by atomic mass is 35.5. The zero-order chi connectivity index (χ0) is 12.6. The minimum atomic E-state index is -0.369. The van der Waals surface area contributed by atoms with Gasteiger partial charge in [0, 0.05) is 11.1 Å². The van der Waals surface area contributed by atoms with Gasteiger partial charge in [-0.05, 0) is 50.7 Å². The number of hydrazine groups is 1. The Morgan fingerprint density at radius 3 is 2.35 bits per heavy atom. The Kier molecular flexibility index (Phi) is 3.30. The predicted octanol–water partition coefficient (Wildman–Crippen LogP) is 2.62. The van der Waals surface area contributed by atoms with Gasteiger partial charge in [0.2, 0.25) is 0 Å². The molecule has 0 aliphatic carbocycles. The highest BCUT2D eigenvalue weighted by molar-refractivity contribution is 7.80. The first-order chi connectivity index (χ1) is 7.92. The lowest BCUT2D eigenvalue weighted by Crippen LogP contribution is -2.47. The van der Waals surface area contributed by atoms with Gasteiger partial charge in [-0.15, -0.1) is 0 Å². The van der Waals surface area contributed by atoms with E-state index in [0.717, 1.165) is 15.7 Å². The molecule has 1 fully saturated rings. The average molecular weight is 270 g/mol. The number of hydrogen-bond donors (Lipinski definition) is 2. The summed E-state index contributed by atoms with van der Waals surface area (Å²) in [6, 6.07) is 8.06. The molecular weight excluding hydrogens is 254 g/mol. The Bertz CT molecular complexity index is 432. The smallest absolute Gasteiger partial charge is 0.185 e. The predicted molar refractivity (Wildman–Crippen MR) is 74.6 cm³/mol. The molecule has 0 unspecified atom stereocenters. The Morgan fingerprint density at radius 2 is 1.88 bits per heavy atom. The van der Waals surface area contributed by atoms with Crippen molar-refractivity contribution in [1.82, 2.24) is 15.8 Å². The van der Waals surface area contributed by atoms with Crippen LogP contribution >= 0.6 is 23.8 Å². The summed E-state index contributed by atoms with van der Waals surface area (Å²) in [6.07, 6.45) is 0. The molecule has 1 aliphatic heterocycles. The van der Waals surface area contributed by atoms with Gasteiger partial charge in [0.25, 0.3) is 0 Å². The van der Waals surface area contributed by atoms with Crippen LogP contribution in [0.3, 0.4) is 0 Å². The van der Waals surface area contributed by atoms with Crippen molar-refractivity contribution in [3.63, 3.8) is 0 Å². The number of benzene rings is 1. The van der Waals surface area contributed by atoms with E-state index < -0.39 is 0 Å². The Morgan fingerprint density at radius 1 is 1.29 bits per heavy atom. The van der Waals surface area contributed by atoms with Crippen molar-refractivity contribution in [1.29, 1.82) is 0 Å². The summed E-state index contributed by atoms with van der Waals surface area (Å²) in [4.78, 5) is 0. The van der Waals surface area contributed by atoms with Gasteiger partial charge in [-0.25, -0.2) is 5.43 Å². The van der Waals surface area contributed by atoms with Crippen LogP contribution in [0.5, 0.6) is 0 Å². The minimum Gasteiger partial charge on any atom is -0.338 e.